The van der Waals surface area contributed by atoms with Gasteiger partial charge in [0.05, 0.1) is 32.5 Å². The second kappa shape index (κ2) is 13.2. The van der Waals surface area contributed by atoms with Crippen LogP contribution in [-0.2, 0) is 4.74 Å². The first-order valence-electron chi connectivity index (χ1n) is 12.6. The standard InChI is InChI=1S/C16H21ClN2O4.C11H13ClN2O2/c1-16(2,3)23-15(22)19-9-7-18(8-10-19)12-6-4-5-11(13(12)17)14(20)21;12-10-8(11(15)16)2-1-3-9(10)14-6-4-13-5-7-14/h4-6H,7-10H2,1-3H3,(H,20,21);1-3,13H,4-7H2,(H,15,16). The predicted octanol–water partition coefficient (Wildman–Crippen LogP) is 4.54. The van der Waals surface area contributed by atoms with Gasteiger partial charge in [-0.05, 0) is 45.0 Å². The molecule has 212 valence electrons. The van der Waals surface area contributed by atoms with Crippen molar-refractivity contribution in [2.45, 2.75) is 26.4 Å². The first-order valence-corrected chi connectivity index (χ1v) is 13.4. The molecular formula is C27H34Cl2N4O6. The number of ether oxygens (including phenoxy) is 1. The van der Waals surface area contributed by atoms with Gasteiger partial charge in [-0.1, -0.05) is 35.3 Å². The second-order valence-corrected chi connectivity index (χ2v) is 10.8. The molecule has 39 heavy (non-hydrogen) atoms. The summed E-state index contributed by atoms with van der Waals surface area (Å²) in [6.07, 6.45) is -0.331. The van der Waals surface area contributed by atoms with E-state index in [-0.39, 0.29) is 22.2 Å². The molecule has 12 heteroatoms. The van der Waals surface area contributed by atoms with Crippen LogP contribution in [0, 0.1) is 0 Å². The fraction of sp³-hybridized carbons (Fsp3) is 0.444. The van der Waals surface area contributed by atoms with E-state index < -0.39 is 17.5 Å². The van der Waals surface area contributed by atoms with E-state index >= 15 is 0 Å². The normalized spacial score (nSPS) is 15.8. The van der Waals surface area contributed by atoms with Gasteiger partial charge in [-0.3, -0.25) is 0 Å². The highest BCUT2D eigenvalue weighted by molar-refractivity contribution is 6.36. The molecule has 0 saturated carbocycles. The summed E-state index contributed by atoms with van der Waals surface area (Å²) < 4.78 is 5.36. The molecular weight excluding hydrogens is 547 g/mol. The fourth-order valence-corrected chi connectivity index (χ4v) is 4.87. The van der Waals surface area contributed by atoms with Crippen LogP contribution in [-0.4, -0.2) is 91.1 Å². The Morgan fingerprint density at radius 3 is 1.62 bits per heavy atom. The lowest BCUT2D eigenvalue weighted by Gasteiger charge is -2.37. The Labute approximate surface area is 238 Å². The maximum absolute atomic E-state index is 12.0. The van der Waals surface area contributed by atoms with Crippen molar-refractivity contribution in [2.24, 2.45) is 0 Å². The van der Waals surface area contributed by atoms with Gasteiger partial charge in [-0.2, -0.15) is 0 Å². The first kappa shape index (κ1) is 30.3. The smallest absolute Gasteiger partial charge is 0.410 e. The van der Waals surface area contributed by atoms with Crippen LogP contribution in [0.2, 0.25) is 10.0 Å². The average Bonchev–Trinajstić information content (AvgIpc) is 2.88. The maximum Gasteiger partial charge on any atom is 0.410 e. The van der Waals surface area contributed by atoms with E-state index in [1.165, 1.54) is 12.1 Å². The Kier molecular flexibility index (Phi) is 10.3. The number of carbonyl (C=O) groups is 3. The minimum absolute atomic E-state index is 0.0822. The van der Waals surface area contributed by atoms with Gasteiger partial charge in [0, 0.05) is 52.4 Å². The predicted molar refractivity (Wildman–Crippen MR) is 152 cm³/mol. The van der Waals surface area contributed by atoms with Crippen molar-refractivity contribution in [2.75, 3.05) is 62.2 Å². The molecule has 0 unspecified atom stereocenters. The summed E-state index contributed by atoms with van der Waals surface area (Å²) in [7, 11) is 0. The molecule has 3 N–H and O–H groups in total. The van der Waals surface area contributed by atoms with Crippen LogP contribution in [0.3, 0.4) is 0 Å². The van der Waals surface area contributed by atoms with Gasteiger partial charge in [-0.25, -0.2) is 14.4 Å². The topological polar surface area (TPSA) is 123 Å². The number of carboxylic acids is 2. The highest BCUT2D eigenvalue weighted by atomic mass is 35.5. The van der Waals surface area contributed by atoms with Gasteiger partial charge >= 0.3 is 18.0 Å². The Morgan fingerprint density at radius 1 is 0.769 bits per heavy atom. The van der Waals surface area contributed by atoms with Gasteiger partial charge in [0.15, 0.2) is 0 Å². The number of piperazine rings is 2. The highest BCUT2D eigenvalue weighted by Gasteiger charge is 2.27. The number of nitrogens with zero attached hydrogens (tertiary/aromatic N) is 3. The summed E-state index contributed by atoms with van der Waals surface area (Å²) >= 11 is 12.3. The maximum atomic E-state index is 12.0. The number of benzene rings is 2. The van der Waals surface area contributed by atoms with Crippen molar-refractivity contribution in [3.8, 4) is 0 Å². The fourth-order valence-electron chi connectivity index (χ4n) is 4.22. The first-order chi connectivity index (χ1) is 18.4. The van der Waals surface area contributed by atoms with Crippen molar-refractivity contribution >= 4 is 52.6 Å². The van der Waals surface area contributed by atoms with Crippen molar-refractivity contribution in [3.63, 3.8) is 0 Å². The Balaban J connectivity index is 0.000000230. The highest BCUT2D eigenvalue weighted by Crippen LogP contribution is 2.31. The molecule has 2 heterocycles. The lowest BCUT2D eigenvalue weighted by atomic mass is 10.1. The number of rotatable bonds is 4. The monoisotopic (exact) mass is 580 g/mol. The molecule has 10 nitrogen and oxygen atoms in total. The van der Waals surface area contributed by atoms with Gasteiger partial charge in [-0.15, -0.1) is 0 Å². The molecule has 2 aliphatic heterocycles. The van der Waals surface area contributed by atoms with E-state index in [1.807, 2.05) is 31.7 Å². The third kappa shape index (κ3) is 8.14. The Hall–Kier alpha value is -3.21. The molecule has 2 saturated heterocycles. The molecule has 0 atom stereocenters. The molecule has 0 radical (unpaired) electrons. The van der Waals surface area contributed by atoms with Crippen LogP contribution in [0.4, 0.5) is 16.2 Å². The third-order valence-electron chi connectivity index (χ3n) is 6.15. The van der Waals surface area contributed by atoms with Crippen molar-refractivity contribution in [3.05, 3.63) is 57.6 Å². The number of nitrogens with one attached hydrogen (secondary N) is 1. The zero-order valence-electron chi connectivity index (χ0n) is 22.2. The van der Waals surface area contributed by atoms with Crippen LogP contribution in [0.1, 0.15) is 41.5 Å². The van der Waals surface area contributed by atoms with Crippen molar-refractivity contribution in [1.29, 1.82) is 0 Å². The Morgan fingerprint density at radius 2 is 1.21 bits per heavy atom. The number of halogens is 2. The third-order valence-corrected chi connectivity index (χ3v) is 6.94. The van der Waals surface area contributed by atoms with Crippen LogP contribution in [0.15, 0.2) is 36.4 Å². The second-order valence-electron chi connectivity index (χ2n) is 10.1. The number of anilines is 2. The summed E-state index contributed by atoms with van der Waals surface area (Å²) in [4.78, 5) is 39.9. The van der Waals surface area contributed by atoms with Gasteiger partial charge in [0.2, 0.25) is 0 Å². The molecule has 2 aromatic rings. The van der Waals surface area contributed by atoms with E-state index in [1.54, 1.807) is 23.1 Å². The van der Waals surface area contributed by atoms with Crippen LogP contribution >= 0.6 is 23.2 Å². The minimum Gasteiger partial charge on any atom is -0.478 e. The largest absolute Gasteiger partial charge is 0.478 e. The lowest BCUT2D eigenvalue weighted by Crippen LogP contribution is -2.50. The number of carboxylic acid groups (broad SMARTS) is 2. The number of aromatic carboxylic acids is 2. The SMILES string of the molecule is CC(C)(C)OC(=O)N1CCN(c2cccc(C(=O)O)c2Cl)CC1.O=C(O)c1cccc(N2CCNCC2)c1Cl. The summed E-state index contributed by atoms with van der Waals surface area (Å²) in [5.74, 6) is -2.04. The van der Waals surface area contributed by atoms with Gasteiger partial charge in [0.1, 0.15) is 5.60 Å². The molecule has 0 bridgehead atoms. The number of hydrogen-bond donors (Lipinski definition) is 3. The van der Waals surface area contributed by atoms with E-state index in [4.69, 9.17) is 38.2 Å². The minimum atomic E-state index is -1.05. The van der Waals surface area contributed by atoms with Crippen molar-refractivity contribution in [1.82, 2.24) is 10.2 Å². The molecule has 1 amide bonds. The molecule has 2 aliphatic rings. The van der Waals surface area contributed by atoms with E-state index in [0.717, 1.165) is 31.9 Å². The zero-order valence-corrected chi connectivity index (χ0v) is 23.8. The van der Waals surface area contributed by atoms with Crippen LogP contribution in [0.25, 0.3) is 0 Å². The Bertz CT molecular complexity index is 1190. The zero-order chi connectivity index (χ0) is 28.7. The molecule has 0 spiro atoms. The van der Waals surface area contributed by atoms with E-state index in [2.05, 4.69) is 10.2 Å². The number of amides is 1. The number of carbonyl (C=O) groups excluding carboxylic acids is 1. The quantitative estimate of drug-likeness (QED) is 0.478. The summed E-state index contributed by atoms with van der Waals surface area (Å²) in [6, 6.07) is 10.1. The van der Waals surface area contributed by atoms with Crippen LogP contribution in [0.5, 0.6) is 0 Å². The molecule has 2 aromatic carbocycles. The lowest BCUT2D eigenvalue weighted by molar-refractivity contribution is 0.0240. The summed E-state index contributed by atoms with van der Waals surface area (Å²) in [5.41, 5.74) is 1.21. The van der Waals surface area contributed by atoms with Crippen LogP contribution < -0.4 is 15.1 Å². The van der Waals surface area contributed by atoms with Gasteiger partial charge < -0.3 is 35.0 Å². The average molecular weight is 581 g/mol. The van der Waals surface area contributed by atoms with E-state index in [0.29, 0.717) is 36.9 Å². The molecule has 2 fully saturated rings. The summed E-state index contributed by atoms with van der Waals surface area (Å²) in [6.45, 7) is 11.1. The molecule has 4 rings (SSSR count). The molecule has 0 aromatic heterocycles. The van der Waals surface area contributed by atoms with Crippen molar-refractivity contribution < 1.29 is 29.3 Å². The number of hydrogen-bond acceptors (Lipinski definition) is 7. The van der Waals surface area contributed by atoms with E-state index in [9.17, 15) is 14.4 Å². The van der Waals surface area contributed by atoms with Gasteiger partial charge in [0.25, 0.3) is 0 Å². The molecule has 0 aliphatic carbocycles. The summed E-state index contributed by atoms with van der Waals surface area (Å²) in [5, 5.41) is 21.9.